The summed E-state index contributed by atoms with van der Waals surface area (Å²) in [6.07, 6.45) is 0. The third-order valence-corrected chi connectivity index (χ3v) is 3.16. The van der Waals surface area contributed by atoms with E-state index in [1.165, 1.54) is 13.2 Å². The van der Waals surface area contributed by atoms with E-state index in [2.05, 4.69) is 9.36 Å². The predicted octanol–water partition coefficient (Wildman–Crippen LogP) is 3.16. The average molecular weight is 294 g/mol. The number of ether oxygens (including phenoxy) is 2. The zero-order chi connectivity index (χ0) is 14.7. The van der Waals surface area contributed by atoms with Gasteiger partial charge >= 0.3 is 5.97 Å². The Hall–Kier alpha value is -2.15. The van der Waals surface area contributed by atoms with E-state index in [4.69, 9.17) is 9.47 Å². The summed E-state index contributed by atoms with van der Waals surface area (Å²) < 4.78 is 14.7. The number of benzene rings is 1. The summed E-state index contributed by atoms with van der Waals surface area (Å²) in [6, 6.07) is 4.58. The number of methoxy groups -OCH3 is 1. The molecule has 0 unspecified atom stereocenters. The first-order valence-corrected chi connectivity index (χ1v) is 6.71. The van der Waals surface area contributed by atoms with Gasteiger partial charge in [-0.3, -0.25) is 0 Å². The van der Waals surface area contributed by atoms with Crippen molar-refractivity contribution in [3.05, 3.63) is 29.6 Å². The van der Waals surface area contributed by atoms with Crippen molar-refractivity contribution >= 4 is 17.5 Å². The van der Waals surface area contributed by atoms with E-state index in [1.54, 1.807) is 12.1 Å². The van der Waals surface area contributed by atoms with Gasteiger partial charge in [0.05, 0.1) is 7.11 Å². The van der Waals surface area contributed by atoms with Crippen molar-refractivity contribution in [3.63, 3.8) is 0 Å². The summed E-state index contributed by atoms with van der Waals surface area (Å²) in [5.74, 6) is 0.445. The first kappa shape index (κ1) is 14.3. The fourth-order valence-corrected chi connectivity index (χ4v) is 2.17. The molecule has 0 radical (unpaired) electrons. The van der Waals surface area contributed by atoms with E-state index in [9.17, 15) is 9.90 Å². The highest BCUT2D eigenvalue weighted by atomic mass is 32.1. The Morgan fingerprint density at radius 1 is 1.40 bits per heavy atom. The molecule has 7 heteroatoms. The number of rotatable bonds is 5. The van der Waals surface area contributed by atoms with E-state index in [1.807, 2.05) is 13.8 Å². The molecule has 2 aromatic rings. The molecular weight excluding hydrogens is 280 g/mol. The molecule has 0 aliphatic heterocycles. The number of aromatic nitrogens is 2. The summed E-state index contributed by atoms with van der Waals surface area (Å²) in [5.41, 5.74) is 0.0191. The Bertz CT molecular complexity index is 625. The standard InChI is InChI=1S/C13H14N2O4S/c1-7(2)11-14-13(20-15-11)19-10-5-4-8(18-3)6-9(10)12(16)17/h4-7H,1-3H3,(H,16,17). The number of nitrogens with zero attached hydrogens (tertiary/aromatic N) is 2. The molecule has 0 aliphatic rings. The molecule has 0 bridgehead atoms. The molecular formula is C13H14N2O4S. The van der Waals surface area contributed by atoms with Gasteiger partial charge in [-0.1, -0.05) is 13.8 Å². The van der Waals surface area contributed by atoms with Gasteiger partial charge in [0, 0.05) is 17.5 Å². The summed E-state index contributed by atoms with van der Waals surface area (Å²) >= 11 is 1.10. The van der Waals surface area contributed by atoms with Crippen molar-refractivity contribution < 1.29 is 19.4 Å². The van der Waals surface area contributed by atoms with Crippen LogP contribution in [0.2, 0.25) is 0 Å². The Morgan fingerprint density at radius 3 is 2.70 bits per heavy atom. The molecule has 20 heavy (non-hydrogen) atoms. The Morgan fingerprint density at radius 2 is 2.15 bits per heavy atom. The molecule has 0 fully saturated rings. The van der Waals surface area contributed by atoms with Gasteiger partial charge in [0.1, 0.15) is 22.9 Å². The lowest BCUT2D eigenvalue weighted by Crippen LogP contribution is -2.01. The third kappa shape index (κ3) is 3.05. The number of aromatic carboxylic acids is 1. The van der Waals surface area contributed by atoms with Crippen LogP contribution in [-0.4, -0.2) is 27.5 Å². The van der Waals surface area contributed by atoms with Crippen molar-refractivity contribution in [3.8, 4) is 16.7 Å². The van der Waals surface area contributed by atoms with Gasteiger partial charge in [-0.2, -0.15) is 9.36 Å². The van der Waals surface area contributed by atoms with E-state index in [0.29, 0.717) is 16.8 Å². The molecule has 0 aliphatic carbocycles. The molecule has 1 heterocycles. The number of carboxylic acids is 1. The lowest BCUT2D eigenvalue weighted by atomic mass is 10.2. The van der Waals surface area contributed by atoms with Crippen molar-refractivity contribution in [2.45, 2.75) is 19.8 Å². The second kappa shape index (κ2) is 5.87. The minimum Gasteiger partial charge on any atom is -0.497 e. The predicted molar refractivity (Wildman–Crippen MR) is 74.0 cm³/mol. The van der Waals surface area contributed by atoms with Gasteiger partial charge in [0.2, 0.25) is 0 Å². The largest absolute Gasteiger partial charge is 0.497 e. The topological polar surface area (TPSA) is 81.5 Å². The van der Waals surface area contributed by atoms with Crippen LogP contribution in [0, 0.1) is 0 Å². The van der Waals surface area contributed by atoms with Crippen LogP contribution in [0.15, 0.2) is 18.2 Å². The average Bonchev–Trinajstić information content (AvgIpc) is 2.87. The van der Waals surface area contributed by atoms with Gasteiger partial charge < -0.3 is 14.6 Å². The van der Waals surface area contributed by atoms with Crippen LogP contribution in [0.3, 0.4) is 0 Å². The maximum atomic E-state index is 11.2. The number of hydrogen-bond acceptors (Lipinski definition) is 6. The third-order valence-electron chi connectivity index (χ3n) is 2.55. The van der Waals surface area contributed by atoms with E-state index in [0.717, 1.165) is 11.5 Å². The zero-order valence-electron chi connectivity index (χ0n) is 11.3. The molecule has 0 amide bonds. The van der Waals surface area contributed by atoms with E-state index >= 15 is 0 Å². The Labute approximate surface area is 120 Å². The molecule has 0 spiro atoms. The number of hydrogen-bond donors (Lipinski definition) is 1. The summed E-state index contributed by atoms with van der Waals surface area (Å²) in [5, 5.41) is 9.51. The second-order valence-corrected chi connectivity index (χ2v) is 5.06. The summed E-state index contributed by atoms with van der Waals surface area (Å²) in [6.45, 7) is 3.95. The van der Waals surface area contributed by atoms with Gasteiger partial charge in [0.25, 0.3) is 5.19 Å². The molecule has 1 aromatic carbocycles. The van der Waals surface area contributed by atoms with Crippen LogP contribution in [-0.2, 0) is 0 Å². The van der Waals surface area contributed by atoms with Crippen LogP contribution in [0.1, 0.15) is 35.9 Å². The van der Waals surface area contributed by atoms with Crippen molar-refractivity contribution in [1.29, 1.82) is 0 Å². The Balaban J connectivity index is 2.30. The summed E-state index contributed by atoms with van der Waals surface area (Å²) in [4.78, 5) is 15.4. The molecule has 106 valence electrons. The molecule has 6 nitrogen and oxygen atoms in total. The highest BCUT2D eigenvalue weighted by Crippen LogP contribution is 2.30. The van der Waals surface area contributed by atoms with Crippen LogP contribution in [0.5, 0.6) is 16.7 Å². The molecule has 1 aromatic heterocycles. The molecule has 1 N–H and O–H groups in total. The number of carbonyl (C=O) groups is 1. The molecule has 2 rings (SSSR count). The number of carboxylic acid groups (broad SMARTS) is 1. The fraction of sp³-hybridized carbons (Fsp3) is 0.308. The maximum absolute atomic E-state index is 11.2. The summed E-state index contributed by atoms with van der Waals surface area (Å²) in [7, 11) is 1.47. The fourth-order valence-electron chi connectivity index (χ4n) is 1.48. The van der Waals surface area contributed by atoms with Gasteiger partial charge in [0.15, 0.2) is 0 Å². The first-order chi connectivity index (χ1) is 9.51. The molecule has 0 saturated heterocycles. The molecule has 0 atom stereocenters. The van der Waals surface area contributed by atoms with Crippen LogP contribution >= 0.6 is 11.5 Å². The maximum Gasteiger partial charge on any atom is 0.339 e. The minimum atomic E-state index is -1.09. The smallest absolute Gasteiger partial charge is 0.339 e. The van der Waals surface area contributed by atoms with Gasteiger partial charge in [-0.15, -0.1) is 0 Å². The SMILES string of the molecule is COc1ccc(Oc2nc(C(C)C)ns2)c(C(=O)O)c1. The second-order valence-electron chi connectivity index (χ2n) is 4.34. The van der Waals surface area contributed by atoms with Crippen molar-refractivity contribution in [2.24, 2.45) is 0 Å². The lowest BCUT2D eigenvalue weighted by molar-refractivity contribution is 0.0693. The first-order valence-electron chi connectivity index (χ1n) is 5.94. The van der Waals surface area contributed by atoms with Crippen LogP contribution in [0.25, 0.3) is 0 Å². The van der Waals surface area contributed by atoms with Crippen LogP contribution < -0.4 is 9.47 Å². The zero-order valence-corrected chi connectivity index (χ0v) is 12.1. The molecule has 0 saturated carbocycles. The highest BCUT2D eigenvalue weighted by Gasteiger charge is 2.16. The quantitative estimate of drug-likeness (QED) is 0.912. The normalized spacial score (nSPS) is 10.6. The monoisotopic (exact) mass is 294 g/mol. The lowest BCUT2D eigenvalue weighted by Gasteiger charge is -2.07. The van der Waals surface area contributed by atoms with Crippen molar-refractivity contribution in [1.82, 2.24) is 9.36 Å². The van der Waals surface area contributed by atoms with E-state index in [-0.39, 0.29) is 17.2 Å². The van der Waals surface area contributed by atoms with Gasteiger partial charge in [-0.25, -0.2) is 4.79 Å². The van der Waals surface area contributed by atoms with Crippen molar-refractivity contribution in [2.75, 3.05) is 7.11 Å². The van der Waals surface area contributed by atoms with Gasteiger partial charge in [-0.05, 0) is 18.2 Å². The minimum absolute atomic E-state index is 0.0191. The Kier molecular flexibility index (Phi) is 4.19. The highest BCUT2D eigenvalue weighted by molar-refractivity contribution is 7.07. The van der Waals surface area contributed by atoms with Crippen LogP contribution in [0.4, 0.5) is 0 Å². The van der Waals surface area contributed by atoms with E-state index < -0.39 is 5.97 Å².